The molecule has 1 heterocycles. The third kappa shape index (κ3) is 3.78. The van der Waals surface area contributed by atoms with Crippen molar-refractivity contribution in [3.63, 3.8) is 0 Å². The molecule has 4 heteroatoms. The molecule has 0 spiro atoms. The van der Waals surface area contributed by atoms with Crippen LogP contribution in [0, 0.1) is 5.41 Å². The Labute approximate surface area is 115 Å². The maximum Gasteiger partial charge on any atom is 0.0954 e. The van der Waals surface area contributed by atoms with Crippen molar-refractivity contribution in [2.75, 3.05) is 26.2 Å². The van der Waals surface area contributed by atoms with E-state index < -0.39 is 0 Å². The van der Waals surface area contributed by atoms with Crippen molar-refractivity contribution in [1.82, 2.24) is 4.90 Å². The molecule has 0 bridgehead atoms. The fourth-order valence-electron chi connectivity index (χ4n) is 2.52. The molecule has 0 radical (unpaired) electrons. The quantitative estimate of drug-likeness (QED) is 0.608. The number of benzene rings is 1. The predicted octanol–water partition coefficient (Wildman–Crippen LogP) is 1.95. The first-order chi connectivity index (χ1) is 9.20. The molecule has 1 atom stereocenters. The van der Waals surface area contributed by atoms with Crippen molar-refractivity contribution in [3.05, 3.63) is 35.4 Å². The first-order valence-electron chi connectivity index (χ1n) is 6.95. The largest absolute Gasteiger partial charge is 0.388 e. The molecule has 4 nitrogen and oxygen atoms in total. The van der Waals surface area contributed by atoms with Crippen molar-refractivity contribution in [2.45, 2.75) is 25.9 Å². The highest BCUT2D eigenvalue weighted by Crippen LogP contribution is 2.27. The molecule has 0 saturated carbocycles. The van der Waals surface area contributed by atoms with Gasteiger partial charge in [0.05, 0.1) is 18.5 Å². The van der Waals surface area contributed by atoms with Gasteiger partial charge in [-0.05, 0) is 24.1 Å². The van der Waals surface area contributed by atoms with E-state index in [-0.39, 0.29) is 11.9 Å². The smallest absolute Gasteiger partial charge is 0.0954 e. The molecular formula is C15H23N3O. The second-order valence-electron chi connectivity index (χ2n) is 4.98. The minimum atomic E-state index is 0.150. The molecule has 104 valence electrons. The van der Waals surface area contributed by atoms with E-state index in [0.717, 1.165) is 32.7 Å². The minimum absolute atomic E-state index is 0.150. The number of nitrogens with one attached hydrogen (secondary N) is 1. The van der Waals surface area contributed by atoms with Gasteiger partial charge in [-0.3, -0.25) is 5.41 Å². The normalized spacial score (nSPS) is 18.3. The number of rotatable bonds is 6. The lowest BCUT2D eigenvalue weighted by Crippen LogP contribution is -2.34. The minimum Gasteiger partial charge on any atom is -0.388 e. The summed E-state index contributed by atoms with van der Waals surface area (Å²) in [6.45, 7) is 5.59. The summed E-state index contributed by atoms with van der Waals surface area (Å²) in [5, 5.41) is 7.32. The van der Waals surface area contributed by atoms with Gasteiger partial charge in [-0.2, -0.15) is 0 Å². The number of fused-ring (bicyclic) bond motifs is 1. The standard InChI is InChI=1S/C15H23N3O/c1-2-18(9-7-15(16)17)11-14-13-6-4-3-5-12(13)8-10-19-14/h3-6,14H,2,7-11H2,1H3,(H3,16,17). The van der Waals surface area contributed by atoms with Crippen molar-refractivity contribution in [3.8, 4) is 0 Å². The summed E-state index contributed by atoms with van der Waals surface area (Å²) in [6, 6.07) is 8.52. The van der Waals surface area contributed by atoms with Crippen LogP contribution in [-0.2, 0) is 11.2 Å². The summed E-state index contributed by atoms with van der Waals surface area (Å²) in [5.41, 5.74) is 8.15. The number of hydrogen-bond acceptors (Lipinski definition) is 3. The van der Waals surface area contributed by atoms with Gasteiger partial charge in [0.25, 0.3) is 0 Å². The molecule has 0 amide bonds. The Morgan fingerprint density at radius 2 is 2.26 bits per heavy atom. The number of amidine groups is 1. The Balaban J connectivity index is 2.00. The summed E-state index contributed by atoms with van der Waals surface area (Å²) in [7, 11) is 0. The van der Waals surface area contributed by atoms with E-state index in [1.807, 2.05) is 0 Å². The van der Waals surface area contributed by atoms with Crippen LogP contribution in [0.1, 0.15) is 30.6 Å². The van der Waals surface area contributed by atoms with Crippen molar-refractivity contribution < 1.29 is 4.74 Å². The lowest BCUT2D eigenvalue weighted by Gasteiger charge is -2.31. The maximum atomic E-state index is 7.32. The lowest BCUT2D eigenvalue weighted by molar-refractivity contribution is 0.0174. The van der Waals surface area contributed by atoms with E-state index in [1.54, 1.807) is 0 Å². The number of hydrogen-bond donors (Lipinski definition) is 2. The second-order valence-corrected chi connectivity index (χ2v) is 4.98. The van der Waals surface area contributed by atoms with E-state index in [1.165, 1.54) is 11.1 Å². The van der Waals surface area contributed by atoms with Crippen molar-refractivity contribution in [1.29, 1.82) is 5.41 Å². The average Bonchev–Trinajstić information content (AvgIpc) is 2.43. The molecule has 1 aromatic carbocycles. The van der Waals surface area contributed by atoms with Gasteiger partial charge in [0, 0.05) is 19.5 Å². The van der Waals surface area contributed by atoms with Gasteiger partial charge in [0.2, 0.25) is 0 Å². The summed E-state index contributed by atoms with van der Waals surface area (Å²) in [6.07, 6.45) is 1.78. The van der Waals surface area contributed by atoms with E-state index in [0.29, 0.717) is 6.42 Å². The Hall–Kier alpha value is -1.39. The molecule has 2 rings (SSSR count). The fourth-order valence-corrected chi connectivity index (χ4v) is 2.52. The van der Waals surface area contributed by atoms with Crippen LogP contribution >= 0.6 is 0 Å². The van der Waals surface area contributed by atoms with Gasteiger partial charge in [-0.25, -0.2) is 0 Å². The molecule has 3 N–H and O–H groups in total. The van der Waals surface area contributed by atoms with Crippen LogP contribution in [0.25, 0.3) is 0 Å². The van der Waals surface area contributed by atoms with E-state index in [2.05, 4.69) is 36.1 Å². The van der Waals surface area contributed by atoms with E-state index >= 15 is 0 Å². The zero-order valence-electron chi connectivity index (χ0n) is 11.6. The third-order valence-electron chi connectivity index (χ3n) is 3.66. The second kappa shape index (κ2) is 6.68. The molecule has 0 aromatic heterocycles. The first-order valence-corrected chi connectivity index (χ1v) is 6.95. The van der Waals surface area contributed by atoms with Gasteiger partial charge in [-0.15, -0.1) is 0 Å². The molecule has 0 aliphatic carbocycles. The summed E-state index contributed by atoms with van der Waals surface area (Å²) < 4.78 is 5.92. The molecular weight excluding hydrogens is 238 g/mol. The van der Waals surface area contributed by atoms with Gasteiger partial charge in [-0.1, -0.05) is 31.2 Å². The number of ether oxygens (including phenoxy) is 1. The maximum absolute atomic E-state index is 7.32. The molecule has 1 aliphatic heterocycles. The average molecular weight is 261 g/mol. The first kappa shape index (κ1) is 14.0. The highest BCUT2D eigenvalue weighted by atomic mass is 16.5. The van der Waals surface area contributed by atoms with E-state index in [4.69, 9.17) is 15.9 Å². The van der Waals surface area contributed by atoms with Crippen LogP contribution in [-0.4, -0.2) is 37.0 Å². The van der Waals surface area contributed by atoms with E-state index in [9.17, 15) is 0 Å². The number of nitrogens with zero attached hydrogens (tertiary/aromatic N) is 1. The lowest BCUT2D eigenvalue weighted by atomic mass is 9.97. The van der Waals surface area contributed by atoms with Gasteiger partial charge < -0.3 is 15.4 Å². The molecule has 0 saturated heterocycles. The van der Waals surface area contributed by atoms with Crippen LogP contribution in [0.15, 0.2) is 24.3 Å². The topological polar surface area (TPSA) is 62.3 Å². The highest BCUT2D eigenvalue weighted by Gasteiger charge is 2.22. The predicted molar refractivity (Wildman–Crippen MR) is 77.5 cm³/mol. The van der Waals surface area contributed by atoms with Gasteiger partial charge >= 0.3 is 0 Å². The van der Waals surface area contributed by atoms with Crippen LogP contribution in [0.3, 0.4) is 0 Å². The Morgan fingerprint density at radius 3 is 3.00 bits per heavy atom. The fraction of sp³-hybridized carbons (Fsp3) is 0.533. The molecule has 0 fully saturated rings. The van der Waals surface area contributed by atoms with Crippen LogP contribution in [0.5, 0.6) is 0 Å². The monoisotopic (exact) mass is 261 g/mol. The number of nitrogens with two attached hydrogens (primary N) is 1. The van der Waals surface area contributed by atoms with Crippen LogP contribution in [0.2, 0.25) is 0 Å². The third-order valence-corrected chi connectivity index (χ3v) is 3.66. The van der Waals surface area contributed by atoms with Gasteiger partial charge in [0.15, 0.2) is 0 Å². The zero-order chi connectivity index (χ0) is 13.7. The molecule has 1 aliphatic rings. The van der Waals surface area contributed by atoms with Crippen LogP contribution in [0.4, 0.5) is 0 Å². The summed E-state index contributed by atoms with van der Waals surface area (Å²) >= 11 is 0. The SMILES string of the molecule is CCN(CCC(=N)N)CC1OCCc2ccccc21. The van der Waals surface area contributed by atoms with Gasteiger partial charge in [0.1, 0.15) is 0 Å². The summed E-state index contributed by atoms with van der Waals surface area (Å²) in [5.74, 6) is 0.253. The molecule has 19 heavy (non-hydrogen) atoms. The summed E-state index contributed by atoms with van der Waals surface area (Å²) in [4.78, 5) is 2.30. The van der Waals surface area contributed by atoms with Crippen molar-refractivity contribution >= 4 is 5.84 Å². The Morgan fingerprint density at radius 1 is 1.47 bits per heavy atom. The zero-order valence-corrected chi connectivity index (χ0v) is 11.6. The van der Waals surface area contributed by atoms with Crippen molar-refractivity contribution in [2.24, 2.45) is 5.73 Å². The molecule has 1 aromatic rings. The highest BCUT2D eigenvalue weighted by molar-refractivity contribution is 5.76. The Kier molecular flexibility index (Phi) is 4.93. The Bertz CT molecular complexity index is 433. The molecule has 1 unspecified atom stereocenters. The van der Waals surface area contributed by atoms with Crippen LogP contribution < -0.4 is 5.73 Å². The number of likely N-dealkylation sites (N-methyl/N-ethyl adjacent to an activating group) is 1.